The molecule has 1 aliphatic carbocycles. The molecule has 1 aliphatic heterocycles. The van der Waals surface area contributed by atoms with Crippen LogP contribution in [0.3, 0.4) is 0 Å². The lowest BCUT2D eigenvalue weighted by Crippen LogP contribution is -2.43. The van der Waals surface area contributed by atoms with Crippen LogP contribution >= 0.6 is 0 Å². The first kappa shape index (κ1) is 11.0. The second-order valence-corrected chi connectivity index (χ2v) is 5.61. The summed E-state index contributed by atoms with van der Waals surface area (Å²) < 4.78 is 5.60. The fourth-order valence-corrected chi connectivity index (χ4v) is 3.05. The van der Waals surface area contributed by atoms with Crippen LogP contribution in [0.5, 0.6) is 0 Å². The van der Waals surface area contributed by atoms with E-state index in [1.54, 1.807) is 0 Å². The Balaban J connectivity index is 2.07. The van der Waals surface area contributed by atoms with Gasteiger partial charge in [-0.15, -0.1) is 0 Å². The minimum absolute atomic E-state index is 0.128. The highest BCUT2D eigenvalue weighted by Crippen LogP contribution is 2.43. The molecule has 2 rings (SSSR count). The summed E-state index contributed by atoms with van der Waals surface area (Å²) in [6.45, 7) is 5.54. The van der Waals surface area contributed by atoms with Crippen molar-refractivity contribution in [1.29, 1.82) is 0 Å². The predicted molar refractivity (Wildman–Crippen MR) is 62.4 cm³/mol. The van der Waals surface area contributed by atoms with Gasteiger partial charge in [0.25, 0.3) is 0 Å². The van der Waals surface area contributed by atoms with Crippen molar-refractivity contribution in [3.8, 4) is 0 Å². The van der Waals surface area contributed by atoms with Crippen molar-refractivity contribution in [3.63, 3.8) is 0 Å². The predicted octanol–water partition coefficient (Wildman–Crippen LogP) is 2.83. The molecule has 0 aromatic rings. The second-order valence-electron chi connectivity index (χ2n) is 5.61. The Labute approximate surface area is 92.9 Å². The van der Waals surface area contributed by atoms with E-state index in [9.17, 15) is 0 Å². The van der Waals surface area contributed by atoms with Gasteiger partial charge in [0.2, 0.25) is 0 Å². The molecule has 1 heterocycles. The van der Waals surface area contributed by atoms with E-state index in [-0.39, 0.29) is 6.04 Å². The van der Waals surface area contributed by atoms with Gasteiger partial charge in [-0.3, -0.25) is 0 Å². The van der Waals surface area contributed by atoms with Gasteiger partial charge in [0.05, 0.1) is 12.6 Å². The maximum atomic E-state index is 6.34. The largest absolute Gasteiger partial charge is 0.496 e. The topological polar surface area (TPSA) is 35.2 Å². The third-order valence-corrected chi connectivity index (χ3v) is 4.08. The average Bonchev–Trinajstić information content (AvgIpc) is 2.69. The standard InChI is InChI=1S/C13H23NO/c1-13(2)8-4-3-6-10(13)12(14)11-7-5-9-15-11/h7,10,12H,3-6,8-9,14H2,1-2H3. The third-order valence-electron chi connectivity index (χ3n) is 4.08. The summed E-state index contributed by atoms with van der Waals surface area (Å²) in [6, 6.07) is 0.128. The molecule has 0 spiro atoms. The smallest absolute Gasteiger partial charge is 0.109 e. The minimum Gasteiger partial charge on any atom is -0.496 e. The lowest BCUT2D eigenvalue weighted by Gasteiger charge is -2.42. The highest BCUT2D eigenvalue weighted by molar-refractivity contribution is 5.10. The van der Waals surface area contributed by atoms with Gasteiger partial charge < -0.3 is 10.5 Å². The molecule has 2 nitrogen and oxygen atoms in total. The Morgan fingerprint density at radius 3 is 2.87 bits per heavy atom. The van der Waals surface area contributed by atoms with Crippen molar-refractivity contribution >= 4 is 0 Å². The maximum Gasteiger partial charge on any atom is 0.109 e. The number of ether oxygens (including phenoxy) is 1. The van der Waals surface area contributed by atoms with Crippen LogP contribution in [-0.2, 0) is 4.74 Å². The number of rotatable bonds is 2. The molecular formula is C13H23NO. The quantitative estimate of drug-likeness (QED) is 0.759. The first-order valence-corrected chi connectivity index (χ1v) is 6.20. The normalized spacial score (nSPS) is 31.9. The van der Waals surface area contributed by atoms with E-state index in [2.05, 4.69) is 19.9 Å². The van der Waals surface area contributed by atoms with Crippen molar-refractivity contribution in [2.24, 2.45) is 17.1 Å². The maximum absolute atomic E-state index is 6.34. The van der Waals surface area contributed by atoms with Crippen LogP contribution in [-0.4, -0.2) is 12.6 Å². The van der Waals surface area contributed by atoms with E-state index in [1.807, 2.05) is 0 Å². The zero-order valence-corrected chi connectivity index (χ0v) is 9.96. The van der Waals surface area contributed by atoms with Gasteiger partial charge in [-0.1, -0.05) is 26.7 Å². The van der Waals surface area contributed by atoms with E-state index in [1.165, 1.54) is 25.7 Å². The molecule has 2 atom stereocenters. The van der Waals surface area contributed by atoms with Crippen molar-refractivity contribution < 1.29 is 4.74 Å². The molecule has 0 amide bonds. The number of hydrogen-bond donors (Lipinski definition) is 1. The number of hydrogen-bond acceptors (Lipinski definition) is 2. The Morgan fingerprint density at radius 2 is 2.27 bits per heavy atom. The molecule has 0 aromatic carbocycles. The van der Waals surface area contributed by atoms with Crippen molar-refractivity contribution in [2.75, 3.05) is 6.61 Å². The second kappa shape index (κ2) is 4.17. The molecule has 2 aliphatic rings. The summed E-state index contributed by atoms with van der Waals surface area (Å²) in [5.41, 5.74) is 6.72. The monoisotopic (exact) mass is 209 g/mol. The summed E-state index contributed by atoms with van der Waals surface area (Å²) in [5.74, 6) is 1.64. The van der Waals surface area contributed by atoms with Gasteiger partial charge in [0.15, 0.2) is 0 Å². The summed E-state index contributed by atoms with van der Waals surface area (Å²) >= 11 is 0. The Kier molecular flexibility index (Phi) is 3.06. The lowest BCUT2D eigenvalue weighted by molar-refractivity contribution is 0.0970. The van der Waals surface area contributed by atoms with Crippen LogP contribution in [0.25, 0.3) is 0 Å². The molecule has 86 valence electrons. The molecule has 1 fully saturated rings. The fourth-order valence-electron chi connectivity index (χ4n) is 3.05. The summed E-state index contributed by atoms with van der Waals surface area (Å²) in [7, 11) is 0. The van der Waals surface area contributed by atoms with Crippen LogP contribution in [0, 0.1) is 11.3 Å². The summed E-state index contributed by atoms with van der Waals surface area (Å²) in [4.78, 5) is 0. The zero-order valence-electron chi connectivity index (χ0n) is 9.96. The molecule has 0 aromatic heterocycles. The number of nitrogens with two attached hydrogens (primary N) is 1. The Morgan fingerprint density at radius 1 is 1.47 bits per heavy atom. The lowest BCUT2D eigenvalue weighted by atomic mass is 9.66. The van der Waals surface area contributed by atoms with Gasteiger partial charge in [0.1, 0.15) is 5.76 Å². The zero-order chi connectivity index (χ0) is 10.9. The molecule has 0 radical (unpaired) electrons. The van der Waals surface area contributed by atoms with Crippen LogP contribution in [0.15, 0.2) is 11.8 Å². The third kappa shape index (κ3) is 2.20. The van der Waals surface area contributed by atoms with Crippen molar-refractivity contribution in [1.82, 2.24) is 0 Å². The van der Waals surface area contributed by atoms with E-state index >= 15 is 0 Å². The summed E-state index contributed by atoms with van der Waals surface area (Å²) in [6.07, 6.45) is 8.46. The van der Waals surface area contributed by atoms with E-state index in [0.717, 1.165) is 18.8 Å². The summed E-state index contributed by atoms with van der Waals surface area (Å²) in [5, 5.41) is 0. The van der Waals surface area contributed by atoms with E-state index in [0.29, 0.717) is 11.3 Å². The Bertz CT molecular complexity index is 257. The molecule has 2 N–H and O–H groups in total. The SMILES string of the molecule is CC1(C)CCCCC1C(N)C1=CCCO1. The molecule has 15 heavy (non-hydrogen) atoms. The van der Waals surface area contributed by atoms with Crippen molar-refractivity contribution in [3.05, 3.63) is 11.8 Å². The van der Waals surface area contributed by atoms with Gasteiger partial charge in [-0.25, -0.2) is 0 Å². The van der Waals surface area contributed by atoms with Crippen LogP contribution < -0.4 is 5.73 Å². The van der Waals surface area contributed by atoms with Gasteiger partial charge >= 0.3 is 0 Å². The first-order valence-electron chi connectivity index (χ1n) is 6.20. The minimum atomic E-state index is 0.128. The molecule has 1 saturated carbocycles. The molecule has 0 bridgehead atoms. The van der Waals surface area contributed by atoms with Gasteiger partial charge in [-0.2, -0.15) is 0 Å². The molecular weight excluding hydrogens is 186 g/mol. The van der Waals surface area contributed by atoms with E-state index < -0.39 is 0 Å². The van der Waals surface area contributed by atoms with Gasteiger partial charge in [0, 0.05) is 6.42 Å². The van der Waals surface area contributed by atoms with Crippen LogP contribution in [0.2, 0.25) is 0 Å². The molecule has 2 unspecified atom stereocenters. The van der Waals surface area contributed by atoms with Gasteiger partial charge in [-0.05, 0) is 30.3 Å². The highest BCUT2D eigenvalue weighted by atomic mass is 16.5. The molecule has 2 heteroatoms. The van der Waals surface area contributed by atoms with Crippen molar-refractivity contribution in [2.45, 2.75) is 52.0 Å². The van der Waals surface area contributed by atoms with Crippen LogP contribution in [0.4, 0.5) is 0 Å². The average molecular weight is 209 g/mol. The van der Waals surface area contributed by atoms with Crippen LogP contribution in [0.1, 0.15) is 46.0 Å². The fraction of sp³-hybridized carbons (Fsp3) is 0.846. The van der Waals surface area contributed by atoms with E-state index in [4.69, 9.17) is 10.5 Å². The Hall–Kier alpha value is -0.500. The molecule has 0 saturated heterocycles. The highest BCUT2D eigenvalue weighted by Gasteiger charge is 2.38. The first-order chi connectivity index (χ1) is 7.11.